The minimum Gasteiger partial charge on any atom is -0.311 e. The second-order valence-electron chi connectivity index (χ2n) is 11.0. The number of rotatable bonds is 4. The van der Waals surface area contributed by atoms with Crippen LogP contribution in [0, 0.1) is 0 Å². The molecule has 9 rings (SSSR count). The number of anilines is 3. The molecule has 2 heterocycles. The molecular formula is C40H27N3. The molecule has 7 aromatic carbocycles. The second kappa shape index (κ2) is 9.37. The van der Waals surface area contributed by atoms with Crippen molar-refractivity contribution in [3.05, 3.63) is 164 Å². The van der Waals surface area contributed by atoms with Crippen molar-refractivity contribution in [3.63, 3.8) is 0 Å². The molecule has 0 aliphatic carbocycles. The predicted octanol–water partition coefficient (Wildman–Crippen LogP) is 10.8. The molecule has 0 atom stereocenters. The lowest BCUT2D eigenvalue weighted by Crippen LogP contribution is -2.09. The summed E-state index contributed by atoms with van der Waals surface area (Å²) in [5.41, 5.74) is 10.5. The van der Waals surface area contributed by atoms with E-state index in [0.29, 0.717) is 0 Å². The highest BCUT2D eigenvalue weighted by Crippen LogP contribution is 2.40. The van der Waals surface area contributed by atoms with Crippen molar-refractivity contribution in [2.24, 2.45) is 0 Å². The van der Waals surface area contributed by atoms with Crippen LogP contribution in [-0.2, 0) is 0 Å². The zero-order valence-electron chi connectivity index (χ0n) is 23.4. The van der Waals surface area contributed by atoms with Crippen LogP contribution in [0.1, 0.15) is 0 Å². The van der Waals surface area contributed by atoms with E-state index in [9.17, 15) is 0 Å². The van der Waals surface area contributed by atoms with Crippen LogP contribution in [0.15, 0.2) is 164 Å². The van der Waals surface area contributed by atoms with Gasteiger partial charge < -0.3 is 13.9 Å². The molecule has 3 nitrogen and oxygen atoms in total. The number of hydrogen-bond donors (Lipinski definition) is 0. The Hall–Kier alpha value is -5.80. The molecule has 0 saturated heterocycles. The molecule has 0 fully saturated rings. The van der Waals surface area contributed by atoms with Crippen LogP contribution in [0.5, 0.6) is 0 Å². The van der Waals surface area contributed by atoms with Crippen LogP contribution in [0.25, 0.3) is 54.8 Å². The highest BCUT2D eigenvalue weighted by Gasteiger charge is 2.19. The van der Waals surface area contributed by atoms with Crippen molar-refractivity contribution in [1.29, 1.82) is 0 Å². The van der Waals surface area contributed by atoms with E-state index < -0.39 is 0 Å². The van der Waals surface area contributed by atoms with Gasteiger partial charge >= 0.3 is 0 Å². The van der Waals surface area contributed by atoms with Crippen molar-refractivity contribution in [2.75, 3.05) is 4.90 Å². The zero-order chi connectivity index (χ0) is 28.3. The van der Waals surface area contributed by atoms with E-state index in [0.717, 1.165) is 28.3 Å². The molecule has 43 heavy (non-hydrogen) atoms. The maximum absolute atomic E-state index is 2.47. The lowest BCUT2D eigenvalue weighted by Gasteiger charge is -2.25. The van der Waals surface area contributed by atoms with Gasteiger partial charge in [0.15, 0.2) is 0 Å². The van der Waals surface area contributed by atoms with E-state index in [1.54, 1.807) is 0 Å². The van der Waals surface area contributed by atoms with Crippen LogP contribution in [0.4, 0.5) is 17.1 Å². The summed E-state index contributed by atoms with van der Waals surface area (Å²) in [6.45, 7) is 0. The van der Waals surface area contributed by atoms with Gasteiger partial charge in [0, 0.05) is 38.9 Å². The summed E-state index contributed by atoms with van der Waals surface area (Å²) < 4.78 is 4.89. The van der Waals surface area contributed by atoms with Crippen LogP contribution in [0.3, 0.4) is 0 Å². The number of benzene rings is 7. The van der Waals surface area contributed by atoms with Crippen molar-refractivity contribution >= 4 is 66.2 Å². The fraction of sp³-hybridized carbons (Fsp3) is 0. The first-order valence-corrected chi connectivity index (χ1v) is 14.7. The van der Waals surface area contributed by atoms with Gasteiger partial charge in [-0.1, -0.05) is 91.0 Å². The molecule has 0 unspecified atom stereocenters. The van der Waals surface area contributed by atoms with Gasteiger partial charge in [0.05, 0.1) is 27.6 Å². The zero-order valence-corrected chi connectivity index (χ0v) is 23.4. The molecule has 0 amide bonds. The number of nitrogens with zero attached hydrogens (tertiary/aromatic N) is 3. The Morgan fingerprint density at radius 1 is 0.372 bits per heavy atom. The monoisotopic (exact) mass is 549 g/mol. The maximum atomic E-state index is 2.47. The fourth-order valence-electron chi connectivity index (χ4n) is 6.85. The van der Waals surface area contributed by atoms with Gasteiger partial charge in [0.1, 0.15) is 0 Å². The van der Waals surface area contributed by atoms with Gasteiger partial charge in [-0.25, -0.2) is 0 Å². The predicted molar refractivity (Wildman–Crippen MR) is 181 cm³/mol. The van der Waals surface area contributed by atoms with E-state index in [2.05, 4.69) is 178 Å². The lowest BCUT2D eigenvalue weighted by atomic mass is 10.0. The van der Waals surface area contributed by atoms with Gasteiger partial charge in [0.2, 0.25) is 0 Å². The van der Waals surface area contributed by atoms with Crippen molar-refractivity contribution in [2.45, 2.75) is 0 Å². The first-order valence-electron chi connectivity index (χ1n) is 14.7. The highest BCUT2D eigenvalue weighted by molar-refractivity contribution is 6.23. The number of fused-ring (bicyclic) bond motifs is 5. The molecule has 0 spiro atoms. The average Bonchev–Trinajstić information content (AvgIpc) is 3.35. The third kappa shape index (κ3) is 3.55. The Balaban J connectivity index is 1.36. The van der Waals surface area contributed by atoms with E-state index in [-0.39, 0.29) is 0 Å². The van der Waals surface area contributed by atoms with Crippen LogP contribution in [-0.4, -0.2) is 8.97 Å². The summed E-state index contributed by atoms with van der Waals surface area (Å²) in [5.74, 6) is 0. The first-order chi connectivity index (χ1) is 21.4. The van der Waals surface area contributed by atoms with Gasteiger partial charge in [-0.05, 0) is 78.2 Å². The normalized spacial score (nSPS) is 11.7. The summed E-state index contributed by atoms with van der Waals surface area (Å²) in [6, 6.07) is 58.9. The molecule has 0 bridgehead atoms. The first kappa shape index (κ1) is 23.9. The average molecular weight is 550 g/mol. The van der Waals surface area contributed by atoms with Crippen LogP contribution >= 0.6 is 0 Å². The van der Waals surface area contributed by atoms with Crippen molar-refractivity contribution < 1.29 is 0 Å². The topological polar surface area (TPSA) is 12.6 Å². The van der Waals surface area contributed by atoms with Crippen molar-refractivity contribution in [3.8, 4) is 5.69 Å². The molecule has 0 radical (unpaired) electrons. The SMILES string of the molecule is c1ccc(N(c2ccccc2)c2ccc(-n3c4cccc5ccc6c7ccccc7n(c7ccccc73)c6c54)cc2)cc1. The fourth-order valence-corrected chi connectivity index (χ4v) is 6.85. The van der Waals surface area contributed by atoms with Gasteiger partial charge in [-0.15, -0.1) is 0 Å². The molecule has 0 saturated carbocycles. The quantitative estimate of drug-likeness (QED) is 0.213. The summed E-state index contributed by atoms with van der Waals surface area (Å²) in [4.78, 5) is 2.31. The molecule has 0 aliphatic heterocycles. The molecule has 2 aromatic heterocycles. The minimum absolute atomic E-state index is 1.11. The Morgan fingerprint density at radius 3 is 1.67 bits per heavy atom. The third-order valence-electron chi connectivity index (χ3n) is 8.65. The van der Waals surface area contributed by atoms with E-state index in [4.69, 9.17) is 0 Å². The van der Waals surface area contributed by atoms with Crippen LogP contribution < -0.4 is 4.90 Å². The Bertz CT molecular complexity index is 2380. The van der Waals surface area contributed by atoms with E-state index in [1.165, 1.54) is 43.6 Å². The number of para-hydroxylation sites is 5. The number of aromatic nitrogens is 2. The molecule has 0 aliphatic rings. The minimum atomic E-state index is 1.11. The van der Waals surface area contributed by atoms with E-state index >= 15 is 0 Å². The Labute approximate surface area is 249 Å². The maximum Gasteiger partial charge on any atom is 0.0703 e. The molecule has 3 heteroatoms. The van der Waals surface area contributed by atoms with Crippen molar-refractivity contribution in [1.82, 2.24) is 8.97 Å². The van der Waals surface area contributed by atoms with Gasteiger partial charge in [-0.2, -0.15) is 0 Å². The van der Waals surface area contributed by atoms with Crippen LogP contribution in [0.2, 0.25) is 0 Å². The molecule has 9 aromatic rings. The van der Waals surface area contributed by atoms with E-state index in [1.807, 2.05) is 0 Å². The molecule has 0 N–H and O–H groups in total. The summed E-state index contributed by atoms with van der Waals surface area (Å²) in [6.07, 6.45) is 0. The Morgan fingerprint density at radius 2 is 0.953 bits per heavy atom. The van der Waals surface area contributed by atoms with Gasteiger partial charge in [0.25, 0.3) is 0 Å². The molecule has 202 valence electrons. The second-order valence-corrected chi connectivity index (χ2v) is 11.0. The lowest BCUT2D eigenvalue weighted by molar-refractivity contribution is 1.16. The van der Waals surface area contributed by atoms with Gasteiger partial charge in [-0.3, -0.25) is 0 Å². The summed E-state index contributed by atoms with van der Waals surface area (Å²) in [5, 5.41) is 5.07. The summed E-state index contributed by atoms with van der Waals surface area (Å²) >= 11 is 0. The standard InChI is InChI=1S/C40H27N3/c1-3-13-29(14-4-1)41(30-15-5-2-6-16-30)31-23-25-32(26-24-31)42-36-19-9-10-20-37(36)43-35-18-8-7-17-33(35)34-27-22-28-12-11-21-38(42)39(28)40(34)43/h1-27H. The molecular weight excluding hydrogens is 522 g/mol. The number of hydrogen-bond acceptors (Lipinski definition) is 1. The Kier molecular flexibility index (Phi) is 5.20. The smallest absolute Gasteiger partial charge is 0.0703 e. The third-order valence-corrected chi connectivity index (χ3v) is 8.65. The largest absolute Gasteiger partial charge is 0.311 e. The summed E-state index contributed by atoms with van der Waals surface area (Å²) in [7, 11) is 0. The highest BCUT2D eigenvalue weighted by atomic mass is 15.1.